The van der Waals surface area contributed by atoms with Crippen LogP contribution in [-0.2, 0) is 0 Å². The first-order chi connectivity index (χ1) is 15.0. The van der Waals surface area contributed by atoms with E-state index in [-0.39, 0.29) is 44.9 Å². The molecular formula is C24H20ClFN2O2S. The lowest BCUT2D eigenvalue weighted by Gasteiger charge is -2.38. The van der Waals surface area contributed by atoms with Crippen LogP contribution in [0.25, 0.3) is 0 Å². The third-order valence-corrected chi connectivity index (χ3v) is 8.41. The lowest BCUT2D eigenvalue weighted by molar-refractivity contribution is -0.387. The highest BCUT2D eigenvalue weighted by molar-refractivity contribution is 8.00. The summed E-state index contributed by atoms with van der Waals surface area (Å²) >= 11 is 8.49. The van der Waals surface area contributed by atoms with Gasteiger partial charge < -0.3 is 5.32 Å². The van der Waals surface area contributed by atoms with Crippen molar-refractivity contribution in [3.8, 4) is 0 Å². The molecular weight excluding hydrogens is 435 g/mol. The maximum Gasteiger partial charge on any atom is 0.282 e. The van der Waals surface area contributed by atoms with Gasteiger partial charge in [-0.1, -0.05) is 54.6 Å². The second kappa shape index (κ2) is 8.17. The zero-order chi connectivity index (χ0) is 21.5. The number of nitro benzene ring substituents is 1. The molecule has 0 aromatic heterocycles. The van der Waals surface area contributed by atoms with Gasteiger partial charge in [0.15, 0.2) is 0 Å². The number of hydrogen-bond acceptors (Lipinski definition) is 4. The largest absolute Gasteiger partial charge is 0.375 e. The predicted octanol–water partition coefficient (Wildman–Crippen LogP) is 6.77. The standard InChI is InChI=1S/C24H20ClFN2O2S/c25-22-20(31-19-12-5-4-11-18(19)28(29)30)13-16-21(22)15-9-6-10-17(26)24(15)27-23(16)14-7-2-1-3-8-14/h1-12,16,20-23,27H,13H2. The van der Waals surface area contributed by atoms with Crippen LogP contribution in [0.2, 0.25) is 0 Å². The average Bonchev–Trinajstić information content (AvgIpc) is 3.11. The van der Waals surface area contributed by atoms with Gasteiger partial charge in [-0.15, -0.1) is 23.4 Å². The van der Waals surface area contributed by atoms with Crippen LogP contribution in [-0.4, -0.2) is 15.6 Å². The fraction of sp³-hybridized carbons (Fsp3) is 0.250. The van der Waals surface area contributed by atoms with Gasteiger partial charge in [-0.05, 0) is 35.6 Å². The second-order valence-corrected chi connectivity index (χ2v) is 9.77. The maximum absolute atomic E-state index is 14.7. The summed E-state index contributed by atoms with van der Waals surface area (Å²) in [6, 6.07) is 21.8. The Morgan fingerprint density at radius 1 is 1.03 bits per heavy atom. The summed E-state index contributed by atoms with van der Waals surface area (Å²) in [5.74, 6) is -0.172. The molecule has 5 rings (SSSR count). The van der Waals surface area contributed by atoms with E-state index in [1.165, 1.54) is 23.9 Å². The molecule has 0 bridgehead atoms. The van der Waals surface area contributed by atoms with E-state index in [9.17, 15) is 14.5 Å². The molecule has 0 saturated heterocycles. The number of nitrogens with one attached hydrogen (secondary N) is 1. The van der Waals surface area contributed by atoms with Gasteiger partial charge in [0.25, 0.3) is 5.69 Å². The fourth-order valence-corrected chi connectivity index (χ4v) is 6.91. The number of fused-ring (bicyclic) bond motifs is 3. The highest BCUT2D eigenvalue weighted by Crippen LogP contribution is 2.58. The third-order valence-electron chi connectivity index (χ3n) is 6.30. The van der Waals surface area contributed by atoms with Gasteiger partial charge in [0.05, 0.1) is 26.9 Å². The second-order valence-electron chi connectivity index (χ2n) is 7.99. The van der Waals surface area contributed by atoms with Gasteiger partial charge in [0, 0.05) is 17.2 Å². The van der Waals surface area contributed by atoms with Gasteiger partial charge in [-0.25, -0.2) is 4.39 Å². The maximum atomic E-state index is 14.7. The molecule has 31 heavy (non-hydrogen) atoms. The third kappa shape index (κ3) is 3.58. The van der Waals surface area contributed by atoms with E-state index in [2.05, 4.69) is 5.32 Å². The van der Waals surface area contributed by atoms with E-state index in [1.807, 2.05) is 36.4 Å². The summed E-state index contributed by atoms with van der Waals surface area (Å²) in [5.41, 5.74) is 2.59. The predicted molar refractivity (Wildman–Crippen MR) is 122 cm³/mol. The van der Waals surface area contributed by atoms with Gasteiger partial charge in [-0.3, -0.25) is 10.1 Å². The molecule has 0 spiro atoms. The van der Waals surface area contributed by atoms with Crippen molar-refractivity contribution in [2.75, 3.05) is 5.32 Å². The van der Waals surface area contributed by atoms with Crippen LogP contribution in [0.1, 0.15) is 29.5 Å². The monoisotopic (exact) mass is 454 g/mol. The summed E-state index contributed by atoms with van der Waals surface area (Å²) in [7, 11) is 0. The normalized spacial score (nSPS) is 26.6. The molecule has 7 heteroatoms. The van der Waals surface area contributed by atoms with E-state index in [1.54, 1.807) is 24.3 Å². The first kappa shape index (κ1) is 20.3. The van der Waals surface area contributed by atoms with E-state index in [0.29, 0.717) is 10.6 Å². The van der Waals surface area contributed by atoms with Crippen molar-refractivity contribution in [3.05, 3.63) is 99.9 Å². The Bertz CT molecular complexity index is 1130. The fourth-order valence-electron chi connectivity index (χ4n) is 4.97. The SMILES string of the molecule is O=[N+]([O-])c1ccccc1SC1CC2C(c3ccccc3)Nc3c(F)cccc3C2C1Cl. The van der Waals surface area contributed by atoms with Crippen LogP contribution < -0.4 is 5.32 Å². The molecule has 1 N–H and O–H groups in total. The zero-order valence-corrected chi connectivity index (χ0v) is 18.0. The van der Waals surface area contributed by atoms with Crippen LogP contribution in [0.5, 0.6) is 0 Å². The Labute approximate surface area is 189 Å². The minimum Gasteiger partial charge on any atom is -0.375 e. The molecule has 4 nitrogen and oxygen atoms in total. The van der Waals surface area contributed by atoms with Crippen LogP contribution >= 0.6 is 23.4 Å². The first-order valence-electron chi connectivity index (χ1n) is 10.2. The molecule has 1 saturated carbocycles. The number of para-hydroxylation sites is 2. The summed E-state index contributed by atoms with van der Waals surface area (Å²) in [6.45, 7) is 0. The number of halogens is 2. The van der Waals surface area contributed by atoms with E-state index in [4.69, 9.17) is 11.6 Å². The molecule has 0 amide bonds. The minimum absolute atomic E-state index is 0.0278. The van der Waals surface area contributed by atoms with Crippen molar-refractivity contribution in [2.24, 2.45) is 5.92 Å². The molecule has 1 aliphatic carbocycles. The molecule has 5 unspecified atom stereocenters. The molecule has 0 radical (unpaired) electrons. The van der Waals surface area contributed by atoms with Crippen molar-refractivity contribution in [1.29, 1.82) is 0 Å². The van der Waals surface area contributed by atoms with Crippen molar-refractivity contribution in [2.45, 2.75) is 33.9 Å². The molecule has 1 fully saturated rings. The van der Waals surface area contributed by atoms with Gasteiger partial charge in [0.1, 0.15) is 5.82 Å². The first-order valence-corrected chi connectivity index (χ1v) is 11.5. The number of hydrogen-bond donors (Lipinski definition) is 1. The van der Waals surface area contributed by atoms with Crippen LogP contribution in [0, 0.1) is 21.8 Å². The number of rotatable bonds is 4. The quantitative estimate of drug-likeness (QED) is 0.268. The van der Waals surface area contributed by atoms with Gasteiger partial charge in [0.2, 0.25) is 0 Å². The Morgan fingerprint density at radius 2 is 1.77 bits per heavy atom. The number of alkyl halides is 1. The molecule has 2 aliphatic rings. The Hall–Kier alpha value is -2.57. The summed E-state index contributed by atoms with van der Waals surface area (Å²) in [4.78, 5) is 11.7. The molecule has 158 valence electrons. The molecule has 3 aromatic carbocycles. The highest BCUT2D eigenvalue weighted by Gasteiger charge is 2.50. The van der Waals surface area contributed by atoms with Crippen molar-refractivity contribution < 1.29 is 9.31 Å². The topological polar surface area (TPSA) is 55.2 Å². The number of nitro groups is 1. The van der Waals surface area contributed by atoms with Crippen LogP contribution in [0.4, 0.5) is 15.8 Å². The smallest absolute Gasteiger partial charge is 0.282 e. The van der Waals surface area contributed by atoms with Gasteiger partial charge in [-0.2, -0.15) is 0 Å². The number of anilines is 1. The number of thioether (sulfide) groups is 1. The molecule has 1 heterocycles. The lowest BCUT2D eigenvalue weighted by atomic mass is 9.77. The van der Waals surface area contributed by atoms with Crippen LogP contribution in [0.3, 0.4) is 0 Å². The summed E-state index contributed by atoms with van der Waals surface area (Å²) in [6.07, 6.45) is 0.776. The zero-order valence-electron chi connectivity index (χ0n) is 16.4. The van der Waals surface area contributed by atoms with Gasteiger partial charge >= 0.3 is 0 Å². The highest BCUT2D eigenvalue weighted by atomic mass is 35.5. The van der Waals surface area contributed by atoms with E-state index >= 15 is 0 Å². The van der Waals surface area contributed by atoms with Crippen LogP contribution in [0.15, 0.2) is 77.7 Å². The van der Waals surface area contributed by atoms with E-state index in [0.717, 1.165) is 17.5 Å². The minimum atomic E-state index is -0.355. The van der Waals surface area contributed by atoms with Crippen molar-refractivity contribution in [3.63, 3.8) is 0 Å². The van der Waals surface area contributed by atoms with E-state index < -0.39 is 0 Å². The lowest BCUT2D eigenvalue weighted by Crippen LogP contribution is -2.31. The molecule has 3 aromatic rings. The Kier molecular flexibility index (Phi) is 5.36. The molecule has 5 atom stereocenters. The Morgan fingerprint density at radius 3 is 2.55 bits per heavy atom. The van der Waals surface area contributed by atoms with Crippen molar-refractivity contribution >= 4 is 34.7 Å². The Balaban J connectivity index is 1.54. The molecule has 1 aliphatic heterocycles. The van der Waals surface area contributed by atoms with Crippen molar-refractivity contribution in [1.82, 2.24) is 0 Å². The average molecular weight is 455 g/mol. The number of benzene rings is 3. The number of nitrogens with zero attached hydrogens (tertiary/aromatic N) is 1. The summed E-state index contributed by atoms with van der Waals surface area (Å²) < 4.78 is 14.7. The summed E-state index contributed by atoms with van der Waals surface area (Å²) in [5, 5.41) is 14.6.